The molecule has 1 aliphatic heterocycles. The summed E-state index contributed by atoms with van der Waals surface area (Å²) in [6.07, 6.45) is 0.384. The normalized spacial score (nSPS) is 13.1. The van der Waals surface area contributed by atoms with Gasteiger partial charge in [-0.1, -0.05) is 12.1 Å². The predicted molar refractivity (Wildman–Crippen MR) is 144 cm³/mol. The number of ether oxygens (including phenoxy) is 3. The molecule has 0 radical (unpaired) electrons. The Hall–Kier alpha value is -4.40. The molecule has 4 rings (SSSR count). The average Bonchev–Trinajstić information content (AvgIpc) is 2.94. The summed E-state index contributed by atoms with van der Waals surface area (Å²) in [7, 11) is 4.73. The Kier molecular flexibility index (Phi) is 8.35. The maximum Gasteiger partial charge on any atom is 0.323 e. The van der Waals surface area contributed by atoms with Gasteiger partial charge in [0.2, 0.25) is 5.91 Å². The molecule has 37 heavy (non-hydrogen) atoms. The van der Waals surface area contributed by atoms with Crippen molar-refractivity contribution in [2.45, 2.75) is 6.42 Å². The second-order valence-electron chi connectivity index (χ2n) is 8.58. The lowest BCUT2D eigenvalue weighted by molar-refractivity contribution is -0.130. The molecule has 1 fully saturated rings. The van der Waals surface area contributed by atoms with E-state index in [2.05, 4.69) is 15.5 Å². The molecule has 9 heteroatoms. The van der Waals surface area contributed by atoms with Crippen LogP contribution in [0.2, 0.25) is 0 Å². The fourth-order valence-corrected chi connectivity index (χ4v) is 4.19. The summed E-state index contributed by atoms with van der Waals surface area (Å²) in [6.45, 7) is 2.83. The van der Waals surface area contributed by atoms with E-state index in [1.807, 2.05) is 53.4 Å². The van der Waals surface area contributed by atoms with Crippen LogP contribution in [-0.4, -0.2) is 64.3 Å². The Morgan fingerprint density at radius 1 is 0.757 bits per heavy atom. The number of anilines is 3. The zero-order valence-corrected chi connectivity index (χ0v) is 21.3. The van der Waals surface area contributed by atoms with E-state index in [9.17, 15) is 9.59 Å². The van der Waals surface area contributed by atoms with E-state index >= 15 is 0 Å². The van der Waals surface area contributed by atoms with Gasteiger partial charge in [0.1, 0.15) is 17.2 Å². The largest absolute Gasteiger partial charge is 0.497 e. The first-order chi connectivity index (χ1) is 18.0. The molecule has 1 aliphatic rings. The summed E-state index contributed by atoms with van der Waals surface area (Å²) in [5.41, 5.74) is 3.23. The summed E-state index contributed by atoms with van der Waals surface area (Å²) >= 11 is 0. The number of methoxy groups -OCH3 is 3. The lowest BCUT2D eigenvalue weighted by atomic mass is 10.1. The average molecular weight is 505 g/mol. The summed E-state index contributed by atoms with van der Waals surface area (Å²) < 4.78 is 15.7. The number of carbonyl (C=O) groups is 2. The zero-order chi connectivity index (χ0) is 26.2. The Morgan fingerprint density at radius 2 is 1.41 bits per heavy atom. The van der Waals surface area contributed by atoms with E-state index in [1.54, 1.807) is 32.4 Å². The van der Waals surface area contributed by atoms with Crippen LogP contribution in [0.5, 0.6) is 17.2 Å². The van der Waals surface area contributed by atoms with Crippen LogP contribution in [0.15, 0.2) is 66.7 Å². The van der Waals surface area contributed by atoms with Crippen molar-refractivity contribution in [2.75, 3.05) is 63.0 Å². The fraction of sp³-hybridized carbons (Fsp3) is 0.286. The highest BCUT2D eigenvalue weighted by Crippen LogP contribution is 2.29. The Bertz CT molecular complexity index is 1210. The van der Waals surface area contributed by atoms with Crippen molar-refractivity contribution < 1.29 is 23.8 Å². The maximum atomic E-state index is 12.7. The van der Waals surface area contributed by atoms with E-state index < -0.39 is 0 Å². The number of rotatable bonds is 8. The van der Waals surface area contributed by atoms with Crippen LogP contribution in [-0.2, 0) is 11.2 Å². The minimum absolute atomic E-state index is 0.129. The minimum atomic E-state index is -0.375. The van der Waals surface area contributed by atoms with Crippen molar-refractivity contribution in [3.8, 4) is 17.2 Å². The number of hydrogen-bond acceptors (Lipinski definition) is 6. The Morgan fingerprint density at radius 3 is 2.03 bits per heavy atom. The van der Waals surface area contributed by atoms with Gasteiger partial charge in [-0.2, -0.15) is 0 Å². The molecule has 2 N–H and O–H groups in total. The van der Waals surface area contributed by atoms with E-state index in [4.69, 9.17) is 14.2 Å². The van der Waals surface area contributed by atoms with Crippen LogP contribution >= 0.6 is 0 Å². The fourth-order valence-electron chi connectivity index (χ4n) is 4.19. The quantitative estimate of drug-likeness (QED) is 0.477. The molecular formula is C28H32N4O5. The number of benzene rings is 3. The van der Waals surface area contributed by atoms with Crippen molar-refractivity contribution in [3.05, 3.63) is 72.3 Å². The van der Waals surface area contributed by atoms with Crippen LogP contribution < -0.4 is 29.7 Å². The van der Waals surface area contributed by atoms with Crippen molar-refractivity contribution >= 4 is 29.0 Å². The number of carbonyl (C=O) groups excluding carboxylic acids is 2. The van der Waals surface area contributed by atoms with Gasteiger partial charge in [-0.3, -0.25) is 4.79 Å². The number of urea groups is 1. The highest BCUT2D eigenvalue weighted by atomic mass is 16.5. The van der Waals surface area contributed by atoms with Crippen molar-refractivity contribution in [2.24, 2.45) is 0 Å². The first-order valence-corrected chi connectivity index (χ1v) is 12.0. The number of nitrogens with zero attached hydrogens (tertiary/aromatic N) is 2. The second-order valence-corrected chi connectivity index (χ2v) is 8.58. The van der Waals surface area contributed by atoms with Gasteiger partial charge in [-0.05, 0) is 54.1 Å². The van der Waals surface area contributed by atoms with Crippen LogP contribution in [0.4, 0.5) is 21.9 Å². The van der Waals surface area contributed by atoms with Crippen LogP contribution in [0, 0.1) is 0 Å². The third-order valence-electron chi connectivity index (χ3n) is 6.29. The topological polar surface area (TPSA) is 92.4 Å². The summed E-state index contributed by atoms with van der Waals surface area (Å²) in [5, 5.41) is 5.63. The van der Waals surface area contributed by atoms with Crippen LogP contribution in [0.25, 0.3) is 0 Å². The first-order valence-electron chi connectivity index (χ1n) is 12.0. The first kappa shape index (κ1) is 25.7. The number of nitrogens with one attached hydrogen (secondary N) is 2. The summed E-state index contributed by atoms with van der Waals surface area (Å²) in [6, 6.07) is 20.1. The Labute approximate surface area is 216 Å². The third-order valence-corrected chi connectivity index (χ3v) is 6.29. The minimum Gasteiger partial charge on any atom is -0.497 e. The number of piperazine rings is 1. The smallest absolute Gasteiger partial charge is 0.323 e. The molecule has 3 aromatic carbocycles. The molecular weight excluding hydrogens is 472 g/mol. The van der Waals surface area contributed by atoms with E-state index in [0.29, 0.717) is 42.4 Å². The molecule has 1 saturated heterocycles. The number of hydrogen-bond donors (Lipinski definition) is 2. The monoisotopic (exact) mass is 504 g/mol. The molecule has 3 aromatic rings. The molecule has 194 valence electrons. The van der Waals surface area contributed by atoms with Gasteiger partial charge in [0.25, 0.3) is 0 Å². The molecule has 1 heterocycles. The second kappa shape index (κ2) is 12.0. The molecule has 9 nitrogen and oxygen atoms in total. The third kappa shape index (κ3) is 6.63. The molecule has 0 aliphatic carbocycles. The molecule has 0 atom stereocenters. The molecule has 0 saturated carbocycles. The zero-order valence-electron chi connectivity index (χ0n) is 21.3. The predicted octanol–water partition coefficient (Wildman–Crippen LogP) is 4.25. The van der Waals surface area contributed by atoms with Gasteiger partial charge in [0, 0.05) is 43.6 Å². The molecule has 0 spiro atoms. The van der Waals surface area contributed by atoms with Gasteiger partial charge in [0.15, 0.2) is 0 Å². The lowest BCUT2D eigenvalue weighted by Gasteiger charge is -2.36. The van der Waals surface area contributed by atoms with E-state index in [0.717, 1.165) is 30.1 Å². The van der Waals surface area contributed by atoms with Crippen LogP contribution in [0.1, 0.15) is 5.56 Å². The molecule has 0 bridgehead atoms. The Balaban J connectivity index is 1.26. The SMILES string of the molecule is COc1ccc(CC(=O)N2CCN(c3ccc(NC(=O)Nc4ccc(OC)cc4OC)cc3)CC2)cc1. The van der Waals surface area contributed by atoms with Crippen molar-refractivity contribution in [1.82, 2.24) is 4.90 Å². The molecule has 0 aromatic heterocycles. The van der Waals surface area contributed by atoms with Gasteiger partial charge in [-0.25, -0.2) is 4.79 Å². The van der Waals surface area contributed by atoms with Crippen molar-refractivity contribution in [1.29, 1.82) is 0 Å². The maximum absolute atomic E-state index is 12.7. The summed E-state index contributed by atoms with van der Waals surface area (Å²) in [5.74, 6) is 2.06. The highest BCUT2D eigenvalue weighted by molar-refractivity contribution is 6.00. The van der Waals surface area contributed by atoms with Gasteiger partial charge >= 0.3 is 6.03 Å². The molecule has 3 amide bonds. The number of amides is 3. The van der Waals surface area contributed by atoms with Gasteiger partial charge in [-0.15, -0.1) is 0 Å². The van der Waals surface area contributed by atoms with Crippen LogP contribution in [0.3, 0.4) is 0 Å². The summed E-state index contributed by atoms with van der Waals surface area (Å²) in [4.78, 5) is 29.4. The van der Waals surface area contributed by atoms with E-state index in [1.165, 1.54) is 7.11 Å². The molecule has 0 unspecified atom stereocenters. The standard InChI is InChI=1S/C28H32N4O5/c1-35-23-10-4-20(5-11-23)18-27(33)32-16-14-31(15-17-32)22-8-6-21(7-9-22)29-28(34)30-25-13-12-24(36-2)19-26(25)37-3/h4-13,19H,14-18H2,1-3H3,(H2,29,30,34). The van der Waals surface area contributed by atoms with Gasteiger partial charge in [0.05, 0.1) is 33.4 Å². The highest BCUT2D eigenvalue weighted by Gasteiger charge is 2.21. The van der Waals surface area contributed by atoms with Crippen molar-refractivity contribution in [3.63, 3.8) is 0 Å². The van der Waals surface area contributed by atoms with E-state index in [-0.39, 0.29) is 11.9 Å². The lowest BCUT2D eigenvalue weighted by Crippen LogP contribution is -2.49. The van der Waals surface area contributed by atoms with Gasteiger partial charge < -0.3 is 34.6 Å².